The molecule has 1 unspecified atom stereocenters. The van der Waals surface area contributed by atoms with Crippen molar-refractivity contribution in [3.05, 3.63) is 0 Å². The lowest BCUT2D eigenvalue weighted by molar-refractivity contribution is -0.138. The molecular formula is C14H26N2O5. The molecule has 0 saturated carbocycles. The maximum Gasteiger partial charge on any atom is 0.317 e. The number of urea groups is 1. The molecule has 0 aliphatic carbocycles. The summed E-state index contributed by atoms with van der Waals surface area (Å²) in [6, 6.07) is -0.139. The number of likely N-dealkylation sites (tertiary alicyclic amines) is 1. The Morgan fingerprint density at radius 3 is 2.57 bits per heavy atom. The topological polar surface area (TPSA) is 99.1 Å². The Morgan fingerprint density at radius 1 is 1.38 bits per heavy atom. The summed E-state index contributed by atoms with van der Waals surface area (Å²) in [5, 5.41) is 20.3. The van der Waals surface area contributed by atoms with E-state index < -0.39 is 5.97 Å². The average Bonchev–Trinajstić information content (AvgIpc) is 2.49. The predicted molar refractivity (Wildman–Crippen MR) is 77.1 cm³/mol. The highest BCUT2D eigenvalue weighted by Gasteiger charge is 2.23. The third kappa shape index (κ3) is 6.77. The van der Waals surface area contributed by atoms with Crippen LogP contribution in [0.1, 0.15) is 32.6 Å². The third-order valence-corrected chi connectivity index (χ3v) is 3.76. The van der Waals surface area contributed by atoms with Gasteiger partial charge in [0.25, 0.3) is 0 Å². The number of ether oxygens (including phenoxy) is 1. The minimum absolute atomic E-state index is 0.0166. The molecule has 122 valence electrons. The van der Waals surface area contributed by atoms with Crippen molar-refractivity contribution in [1.29, 1.82) is 0 Å². The molecule has 1 rings (SSSR count). The molecule has 1 aliphatic rings. The summed E-state index contributed by atoms with van der Waals surface area (Å²) in [6.45, 7) is 3.91. The second kappa shape index (κ2) is 9.57. The van der Waals surface area contributed by atoms with Crippen LogP contribution in [0.2, 0.25) is 0 Å². The van der Waals surface area contributed by atoms with Crippen LogP contribution in [-0.4, -0.2) is 66.1 Å². The number of hydrogen-bond donors (Lipinski definition) is 3. The number of aliphatic carboxylic acids is 1. The zero-order valence-corrected chi connectivity index (χ0v) is 12.6. The Kier molecular flexibility index (Phi) is 8.07. The van der Waals surface area contributed by atoms with Crippen LogP contribution in [0.15, 0.2) is 0 Å². The number of hydrogen-bond acceptors (Lipinski definition) is 4. The van der Waals surface area contributed by atoms with E-state index >= 15 is 0 Å². The first-order valence-electron chi connectivity index (χ1n) is 7.53. The van der Waals surface area contributed by atoms with E-state index in [-0.39, 0.29) is 31.1 Å². The Labute approximate surface area is 125 Å². The molecule has 1 fully saturated rings. The number of carboxylic acid groups (broad SMARTS) is 1. The highest BCUT2D eigenvalue weighted by molar-refractivity contribution is 5.74. The van der Waals surface area contributed by atoms with Gasteiger partial charge in [0.15, 0.2) is 0 Å². The molecule has 0 aromatic rings. The minimum atomic E-state index is -0.835. The summed E-state index contributed by atoms with van der Waals surface area (Å²) < 4.78 is 5.45. The smallest absolute Gasteiger partial charge is 0.317 e. The number of carbonyl (C=O) groups excluding carboxylic acids is 1. The first kappa shape index (κ1) is 17.7. The number of carboxylic acids is 1. The standard InChI is InChI=1S/C14H26N2O5/c1-2-11(9-13(18)19)10-15-14(20)16-5-3-12(4-6-16)21-8-7-17/h11-12,17H,2-10H2,1H3,(H,15,20)(H,18,19). The van der Waals surface area contributed by atoms with E-state index in [4.69, 9.17) is 14.9 Å². The van der Waals surface area contributed by atoms with Crippen LogP contribution in [-0.2, 0) is 9.53 Å². The Balaban J connectivity index is 2.25. The Bertz CT molecular complexity index is 329. The number of nitrogens with zero attached hydrogens (tertiary/aromatic N) is 1. The van der Waals surface area contributed by atoms with Gasteiger partial charge in [-0.15, -0.1) is 0 Å². The minimum Gasteiger partial charge on any atom is -0.481 e. The lowest BCUT2D eigenvalue weighted by atomic mass is 10.0. The van der Waals surface area contributed by atoms with Crippen LogP contribution in [0, 0.1) is 5.92 Å². The maximum absolute atomic E-state index is 12.0. The van der Waals surface area contributed by atoms with Crippen molar-refractivity contribution < 1.29 is 24.5 Å². The highest BCUT2D eigenvalue weighted by atomic mass is 16.5. The molecule has 3 N–H and O–H groups in total. The maximum atomic E-state index is 12.0. The van der Waals surface area contributed by atoms with Gasteiger partial charge >= 0.3 is 12.0 Å². The molecule has 2 amide bonds. The summed E-state index contributed by atoms with van der Waals surface area (Å²) in [4.78, 5) is 24.4. The number of carbonyl (C=O) groups is 2. The largest absolute Gasteiger partial charge is 0.481 e. The molecular weight excluding hydrogens is 276 g/mol. The zero-order valence-electron chi connectivity index (χ0n) is 12.6. The van der Waals surface area contributed by atoms with Crippen LogP contribution < -0.4 is 5.32 Å². The van der Waals surface area contributed by atoms with Crippen molar-refractivity contribution in [1.82, 2.24) is 10.2 Å². The van der Waals surface area contributed by atoms with Crippen LogP contribution in [0.3, 0.4) is 0 Å². The molecule has 7 heteroatoms. The second-order valence-electron chi connectivity index (χ2n) is 5.34. The van der Waals surface area contributed by atoms with Gasteiger partial charge in [-0.05, 0) is 18.8 Å². The summed E-state index contributed by atoms with van der Waals surface area (Å²) in [5.41, 5.74) is 0. The van der Waals surface area contributed by atoms with Gasteiger partial charge in [0.2, 0.25) is 0 Å². The van der Waals surface area contributed by atoms with E-state index in [0.29, 0.717) is 26.2 Å². The lowest BCUT2D eigenvalue weighted by Crippen LogP contribution is -2.47. The molecule has 1 aliphatic heterocycles. The third-order valence-electron chi connectivity index (χ3n) is 3.76. The quantitative estimate of drug-likeness (QED) is 0.612. The molecule has 0 spiro atoms. The van der Waals surface area contributed by atoms with Crippen molar-refractivity contribution in [2.75, 3.05) is 32.8 Å². The van der Waals surface area contributed by atoms with Gasteiger partial charge in [-0.1, -0.05) is 13.3 Å². The van der Waals surface area contributed by atoms with E-state index in [1.54, 1.807) is 4.90 Å². The highest BCUT2D eigenvalue weighted by Crippen LogP contribution is 2.14. The van der Waals surface area contributed by atoms with Crippen LogP contribution in [0.5, 0.6) is 0 Å². The number of aliphatic hydroxyl groups is 1. The fraction of sp³-hybridized carbons (Fsp3) is 0.857. The van der Waals surface area contributed by atoms with Gasteiger partial charge < -0.3 is 25.2 Å². The van der Waals surface area contributed by atoms with Gasteiger partial charge in [0, 0.05) is 26.1 Å². The molecule has 0 radical (unpaired) electrons. The molecule has 21 heavy (non-hydrogen) atoms. The van der Waals surface area contributed by atoms with E-state index in [1.165, 1.54) is 0 Å². The summed E-state index contributed by atoms with van der Waals surface area (Å²) in [7, 11) is 0. The molecule has 7 nitrogen and oxygen atoms in total. The molecule has 0 aromatic heterocycles. The van der Waals surface area contributed by atoms with E-state index in [2.05, 4.69) is 5.32 Å². The van der Waals surface area contributed by atoms with E-state index in [0.717, 1.165) is 19.3 Å². The number of piperidine rings is 1. The molecule has 1 heterocycles. The van der Waals surface area contributed by atoms with Gasteiger partial charge in [0.05, 0.1) is 19.3 Å². The summed E-state index contributed by atoms with van der Waals surface area (Å²) >= 11 is 0. The van der Waals surface area contributed by atoms with Crippen molar-refractivity contribution >= 4 is 12.0 Å². The number of amides is 2. The van der Waals surface area contributed by atoms with Crippen LogP contribution >= 0.6 is 0 Å². The van der Waals surface area contributed by atoms with Crippen LogP contribution in [0.25, 0.3) is 0 Å². The zero-order chi connectivity index (χ0) is 15.7. The second-order valence-corrected chi connectivity index (χ2v) is 5.34. The van der Waals surface area contributed by atoms with Crippen LogP contribution in [0.4, 0.5) is 4.79 Å². The molecule has 0 aromatic carbocycles. The van der Waals surface area contributed by atoms with E-state index in [1.807, 2.05) is 6.92 Å². The Morgan fingerprint density at radius 2 is 2.05 bits per heavy atom. The monoisotopic (exact) mass is 302 g/mol. The first-order chi connectivity index (χ1) is 10.1. The Hall–Kier alpha value is -1.34. The lowest BCUT2D eigenvalue weighted by Gasteiger charge is -2.32. The van der Waals surface area contributed by atoms with Gasteiger partial charge in [-0.2, -0.15) is 0 Å². The number of aliphatic hydroxyl groups excluding tert-OH is 1. The van der Waals surface area contributed by atoms with Crippen molar-refractivity contribution in [2.45, 2.75) is 38.7 Å². The molecule has 0 bridgehead atoms. The molecule has 1 atom stereocenters. The van der Waals surface area contributed by atoms with Gasteiger partial charge in [-0.25, -0.2) is 4.79 Å². The SMILES string of the molecule is CCC(CNC(=O)N1CCC(OCCO)CC1)CC(=O)O. The fourth-order valence-corrected chi connectivity index (χ4v) is 2.40. The first-order valence-corrected chi connectivity index (χ1v) is 7.53. The van der Waals surface area contributed by atoms with Crippen molar-refractivity contribution in [3.8, 4) is 0 Å². The van der Waals surface area contributed by atoms with Gasteiger partial charge in [0.1, 0.15) is 0 Å². The molecule has 1 saturated heterocycles. The summed E-state index contributed by atoms with van der Waals surface area (Å²) in [6.07, 6.45) is 2.44. The summed E-state index contributed by atoms with van der Waals surface area (Å²) in [5.74, 6) is -0.866. The average molecular weight is 302 g/mol. The number of rotatable bonds is 8. The fourth-order valence-electron chi connectivity index (χ4n) is 2.40. The van der Waals surface area contributed by atoms with Crippen molar-refractivity contribution in [2.24, 2.45) is 5.92 Å². The van der Waals surface area contributed by atoms with Crippen molar-refractivity contribution in [3.63, 3.8) is 0 Å². The van der Waals surface area contributed by atoms with Gasteiger partial charge in [-0.3, -0.25) is 4.79 Å². The van der Waals surface area contributed by atoms with E-state index in [9.17, 15) is 9.59 Å². The predicted octanol–water partition coefficient (Wildman–Crippen LogP) is 0.670. The normalized spacial score (nSPS) is 17.5. The number of nitrogens with one attached hydrogen (secondary N) is 1.